The Morgan fingerprint density at radius 3 is 2.71 bits per heavy atom. The predicted octanol–water partition coefficient (Wildman–Crippen LogP) is 4.65. The lowest BCUT2D eigenvalue weighted by molar-refractivity contribution is 0.00232. The first-order chi connectivity index (χ1) is 17.0. The molecule has 0 radical (unpaired) electrons. The maximum Gasteiger partial charge on any atom is 0.138 e. The molecule has 1 aromatic carbocycles. The summed E-state index contributed by atoms with van der Waals surface area (Å²) in [4.78, 5) is 7.50. The molecular weight excluding hydrogens is 466 g/mol. The van der Waals surface area contributed by atoms with E-state index in [1.807, 2.05) is 19.1 Å². The molecule has 0 saturated carbocycles. The van der Waals surface area contributed by atoms with Gasteiger partial charge in [-0.25, -0.2) is 4.98 Å². The summed E-state index contributed by atoms with van der Waals surface area (Å²) >= 11 is 6.52. The van der Waals surface area contributed by atoms with E-state index in [9.17, 15) is 5.11 Å². The van der Waals surface area contributed by atoms with Crippen molar-refractivity contribution < 1.29 is 19.3 Å². The van der Waals surface area contributed by atoms with E-state index in [0.29, 0.717) is 36.8 Å². The predicted molar refractivity (Wildman–Crippen MR) is 136 cm³/mol. The zero-order chi connectivity index (χ0) is 24.2. The van der Waals surface area contributed by atoms with Gasteiger partial charge in [0.25, 0.3) is 0 Å². The first-order valence-corrected chi connectivity index (χ1v) is 12.6. The molecule has 0 aliphatic carbocycles. The first kappa shape index (κ1) is 23.0. The quantitative estimate of drug-likeness (QED) is 0.444. The first-order valence-electron chi connectivity index (χ1n) is 12.2. The van der Waals surface area contributed by atoms with E-state index >= 15 is 0 Å². The van der Waals surface area contributed by atoms with Gasteiger partial charge < -0.3 is 23.7 Å². The van der Waals surface area contributed by atoms with E-state index in [4.69, 9.17) is 30.8 Å². The molecule has 1 saturated heterocycles. The smallest absolute Gasteiger partial charge is 0.138 e. The van der Waals surface area contributed by atoms with E-state index < -0.39 is 5.60 Å². The minimum atomic E-state index is -0.908. The van der Waals surface area contributed by atoms with E-state index in [0.717, 1.165) is 71.3 Å². The van der Waals surface area contributed by atoms with Crippen molar-refractivity contribution in [2.24, 2.45) is 0 Å². The lowest BCUT2D eigenvalue weighted by Gasteiger charge is -2.27. The maximum absolute atomic E-state index is 11.5. The number of pyridine rings is 2. The van der Waals surface area contributed by atoms with E-state index in [1.165, 1.54) is 5.56 Å². The van der Waals surface area contributed by atoms with Gasteiger partial charge in [-0.15, -0.1) is 0 Å². The van der Waals surface area contributed by atoms with Crippen molar-refractivity contribution in [1.82, 2.24) is 14.3 Å². The monoisotopic (exact) mass is 495 g/mol. The van der Waals surface area contributed by atoms with Gasteiger partial charge in [-0.3, -0.25) is 4.90 Å². The van der Waals surface area contributed by atoms with Gasteiger partial charge in [0.1, 0.15) is 5.75 Å². The summed E-state index contributed by atoms with van der Waals surface area (Å²) < 4.78 is 19.1. The van der Waals surface area contributed by atoms with Crippen molar-refractivity contribution in [3.05, 3.63) is 52.3 Å². The molecule has 7 nitrogen and oxygen atoms in total. The highest BCUT2D eigenvalue weighted by Crippen LogP contribution is 2.39. The number of methoxy groups -OCH3 is 1. The third-order valence-corrected chi connectivity index (χ3v) is 7.90. The van der Waals surface area contributed by atoms with Crippen LogP contribution in [-0.2, 0) is 28.2 Å². The minimum absolute atomic E-state index is 0.491. The number of hydrogen-bond acceptors (Lipinski definition) is 6. The molecule has 0 bridgehead atoms. The highest BCUT2D eigenvalue weighted by atomic mass is 35.5. The highest BCUT2D eigenvalue weighted by Gasteiger charge is 2.32. The van der Waals surface area contributed by atoms with Gasteiger partial charge in [-0.1, -0.05) is 18.5 Å². The number of morpholine rings is 1. The van der Waals surface area contributed by atoms with Crippen molar-refractivity contribution in [3.8, 4) is 5.75 Å². The Hall–Kier alpha value is -2.42. The second kappa shape index (κ2) is 8.91. The fourth-order valence-electron chi connectivity index (χ4n) is 5.51. The Balaban J connectivity index is 1.63. The van der Waals surface area contributed by atoms with Crippen LogP contribution in [0.2, 0.25) is 5.02 Å². The molecule has 6 rings (SSSR count). The molecule has 2 aliphatic heterocycles. The molecule has 8 heteroatoms. The third-order valence-electron chi connectivity index (χ3n) is 7.61. The Bertz CT molecular complexity index is 1430. The van der Waals surface area contributed by atoms with Crippen molar-refractivity contribution in [2.45, 2.75) is 38.5 Å². The number of fused-ring (bicyclic) bond motifs is 5. The van der Waals surface area contributed by atoms with Crippen LogP contribution in [0.5, 0.6) is 5.75 Å². The second-order valence-corrected chi connectivity index (χ2v) is 9.97. The molecule has 5 heterocycles. The largest absolute Gasteiger partial charge is 0.495 e. The molecule has 1 atom stereocenters. The summed E-state index contributed by atoms with van der Waals surface area (Å²) in [5, 5.41) is 14.1. The van der Waals surface area contributed by atoms with Crippen LogP contribution in [0, 0.1) is 0 Å². The van der Waals surface area contributed by atoms with Crippen LogP contribution in [0.15, 0.2) is 30.6 Å². The zero-order valence-corrected chi connectivity index (χ0v) is 20.9. The molecule has 0 spiro atoms. The number of aliphatic hydroxyl groups is 1. The van der Waals surface area contributed by atoms with Crippen LogP contribution in [0.4, 0.5) is 0 Å². The number of rotatable bonds is 4. The topological polar surface area (TPSA) is 68.5 Å². The summed E-state index contributed by atoms with van der Waals surface area (Å²) in [6, 6.07) is 6.00. The molecule has 184 valence electrons. The average Bonchev–Trinajstić information content (AvgIpc) is 3.14. The minimum Gasteiger partial charge on any atom is -0.495 e. The van der Waals surface area contributed by atoms with Gasteiger partial charge in [-0.05, 0) is 35.7 Å². The maximum atomic E-state index is 11.5. The number of nitrogens with zero attached hydrogens (tertiary/aromatic N) is 3. The molecule has 1 fully saturated rings. The lowest BCUT2D eigenvalue weighted by atomic mass is 9.86. The van der Waals surface area contributed by atoms with Crippen molar-refractivity contribution in [1.29, 1.82) is 0 Å². The van der Waals surface area contributed by atoms with Gasteiger partial charge in [0.2, 0.25) is 0 Å². The van der Waals surface area contributed by atoms with Gasteiger partial charge >= 0.3 is 0 Å². The van der Waals surface area contributed by atoms with E-state index in [2.05, 4.69) is 27.8 Å². The van der Waals surface area contributed by atoms with Crippen molar-refractivity contribution in [3.63, 3.8) is 0 Å². The fourth-order valence-corrected chi connectivity index (χ4v) is 5.75. The molecule has 1 unspecified atom stereocenters. The number of benzene rings is 1. The Morgan fingerprint density at radius 2 is 1.94 bits per heavy atom. The zero-order valence-electron chi connectivity index (χ0n) is 20.1. The summed E-state index contributed by atoms with van der Waals surface area (Å²) in [6.45, 7) is 7.09. The Morgan fingerprint density at radius 1 is 1.11 bits per heavy atom. The standard InChI is InChI=1S/C27H30ClN3O4/c1-3-27(32)4-7-35-16-17-13-31-15-20-19(14-30-5-8-34-9-6-30)18-10-25(33-2)22(28)12-23(18)29-26(20)24(31)11-21(17)27/h10-13,15,32H,3-9,14,16H2,1-2H3. The van der Waals surface area contributed by atoms with Gasteiger partial charge in [0, 0.05) is 54.8 Å². The summed E-state index contributed by atoms with van der Waals surface area (Å²) in [6.07, 6.45) is 5.46. The molecular formula is C27H30ClN3O4. The Kier molecular flexibility index (Phi) is 5.86. The third kappa shape index (κ3) is 3.86. The SMILES string of the molecule is CCC1(O)CCOCc2cn3cc4c(CN5CCOCC5)c5cc(OC)c(Cl)cc5nc4c3cc21. The van der Waals surface area contributed by atoms with Crippen molar-refractivity contribution >= 4 is 38.9 Å². The molecule has 4 aromatic rings. The van der Waals surface area contributed by atoms with Gasteiger partial charge in [-0.2, -0.15) is 0 Å². The van der Waals surface area contributed by atoms with Crippen molar-refractivity contribution in [2.75, 3.05) is 40.0 Å². The summed E-state index contributed by atoms with van der Waals surface area (Å²) in [5.41, 5.74) is 4.97. The molecule has 0 amide bonds. The summed E-state index contributed by atoms with van der Waals surface area (Å²) in [5.74, 6) is 0.643. The lowest BCUT2D eigenvalue weighted by Crippen LogP contribution is -2.35. The molecule has 2 aliphatic rings. The molecule has 35 heavy (non-hydrogen) atoms. The van der Waals surface area contributed by atoms with Crippen LogP contribution < -0.4 is 4.74 Å². The number of aromatic nitrogens is 2. The van der Waals surface area contributed by atoms with Gasteiger partial charge in [0.05, 0.1) is 60.7 Å². The highest BCUT2D eigenvalue weighted by molar-refractivity contribution is 6.33. The molecule has 1 N–H and O–H groups in total. The normalized spacial score (nSPS) is 21.5. The van der Waals surface area contributed by atoms with Crippen LogP contribution in [0.3, 0.4) is 0 Å². The average molecular weight is 496 g/mol. The number of halogens is 1. The van der Waals surface area contributed by atoms with Gasteiger partial charge in [0.15, 0.2) is 0 Å². The summed E-state index contributed by atoms with van der Waals surface area (Å²) in [7, 11) is 1.64. The van der Waals surface area contributed by atoms with Crippen LogP contribution >= 0.6 is 11.6 Å². The number of ether oxygens (including phenoxy) is 3. The van der Waals surface area contributed by atoms with Crippen LogP contribution in [0.25, 0.3) is 27.3 Å². The second-order valence-electron chi connectivity index (χ2n) is 9.57. The van der Waals surface area contributed by atoms with E-state index in [-0.39, 0.29) is 0 Å². The van der Waals surface area contributed by atoms with E-state index in [1.54, 1.807) is 7.11 Å². The fraction of sp³-hybridized carbons (Fsp3) is 0.444. The number of hydrogen-bond donors (Lipinski definition) is 1. The van der Waals surface area contributed by atoms with Crippen LogP contribution in [0.1, 0.15) is 36.5 Å². The molecule has 3 aromatic heterocycles. The van der Waals surface area contributed by atoms with Crippen LogP contribution in [-0.4, -0.2) is 59.4 Å². The Labute approximate surface area is 209 Å².